The smallest absolute Gasteiger partial charge is 0.0503 e. The molecule has 1 aliphatic rings. The van der Waals surface area contributed by atoms with Crippen LogP contribution in [0.5, 0.6) is 0 Å². The zero-order valence-electron chi connectivity index (χ0n) is 11.3. The van der Waals surface area contributed by atoms with Crippen molar-refractivity contribution in [2.45, 2.75) is 20.4 Å². The fourth-order valence-electron chi connectivity index (χ4n) is 2.86. The first-order valence-electron chi connectivity index (χ1n) is 6.51. The summed E-state index contributed by atoms with van der Waals surface area (Å²) in [6, 6.07) is 10.3. The van der Waals surface area contributed by atoms with Crippen LogP contribution < -0.4 is 0 Å². The average Bonchev–Trinajstić information content (AvgIpc) is 2.63. The van der Waals surface area contributed by atoms with E-state index in [1.54, 1.807) is 0 Å². The third kappa shape index (κ3) is 2.30. The molecule has 0 amide bonds. The SMILES string of the molecule is CC1(CO)CN(Cc2ccccc2)C[C@]1(C)CO. The maximum Gasteiger partial charge on any atom is 0.0503 e. The highest BCUT2D eigenvalue weighted by molar-refractivity contribution is 5.15. The van der Waals surface area contributed by atoms with Crippen LogP contribution in [0, 0.1) is 10.8 Å². The van der Waals surface area contributed by atoms with Crippen LogP contribution in [0.1, 0.15) is 19.4 Å². The molecule has 0 spiro atoms. The van der Waals surface area contributed by atoms with Crippen LogP contribution in [0.25, 0.3) is 0 Å². The van der Waals surface area contributed by atoms with Gasteiger partial charge in [0.05, 0.1) is 13.2 Å². The molecule has 0 aliphatic carbocycles. The zero-order valence-corrected chi connectivity index (χ0v) is 11.3. The molecule has 3 nitrogen and oxygen atoms in total. The summed E-state index contributed by atoms with van der Waals surface area (Å²) in [5.41, 5.74) is 0.826. The minimum atomic E-state index is -0.226. The highest BCUT2D eigenvalue weighted by atomic mass is 16.3. The van der Waals surface area contributed by atoms with Gasteiger partial charge in [-0.15, -0.1) is 0 Å². The zero-order chi connectivity index (χ0) is 13.2. The number of aliphatic hydroxyl groups is 2. The van der Waals surface area contributed by atoms with Gasteiger partial charge in [-0.05, 0) is 5.56 Å². The van der Waals surface area contributed by atoms with E-state index in [-0.39, 0.29) is 24.0 Å². The van der Waals surface area contributed by atoms with Gasteiger partial charge in [0.1, 0.15) is 0 Å². The molecular formula is C15H23NO2. The molecule has 3 heteroatoms. The van der Waals surface area contributed by atoms with Crippen molar-refractivity contribution in [3.8, 4) is 0 Å². The molecule has 2 N–H and O–H groups in total. The molecule has 1 aromatic rings. The van der Waals surface area contributed by atoms with E-state index < -0.39 is 0 Å². The van der Waals surface area contributed by atoms with E-state index in [1.807, 2.05) is 18.2 Å². The molecule has 2 rings (SSSR count). The normalized spacial score (nSPS) is 32.9. The van der Waals surface area contributed by atoms with Gasteiger partial charge in [0, 0.05) is 30.5 Å². The van der Waals surface area contributed by atoms with Gasteiger partial charge in [-0.3, -0.25) is 4.90 Å². The Bertz CT molecular complexity index is 377. The fraction of sp³-hybridized carbons (Fsp3) is 0.600. The van der Waals surface area contributed by atoms with Crippen molar-refractivity contribution in [1.29, 1.82) is 0 Å². The molecule has 1 heterocycles. The standard InChI is InChI=1S/C15H23NO2/c1-14(11-17)9-16(10-15(14,2)12-18)8-13-6-4-3-5-7-13/h3-7,17-18H,8-12H2,1-2H3/t14-,15?/m1/s1. The van der Waals surface area contributed by atoms with Crippen LogP contribution in [0.15, 0.2) is 30.3 Å². The summed E-state index contributed by atoms with van der Waals surface area (Å²) in [6.07, 6.45) is 0. The maximum absolute atomic E-state index is 9.64. The summed E-state index contributed by atoms with van der Waals surface area (Å²) in [4.78, 5) is 2.32. The summed E-state index contributed by atoms with van der Waals surface area (Å²) in [5, 5.41) is 19.3. The molecule has 0 saturated carbocycles. The number of rotatable bonds is 4. The van der Waals surface area contributed by atoms with Crippen LogP contribution in [-0.4, -0.2) is 41.4 Å². The van der Waals surface area contributed by atoms with E-state index in [2.05, 4.69) is 30.9 Å². The van der Waals surface area contributed by atoms with Crippen molar-refractivity contribution in [1.82, 2.24) is 4.90 Å². The molecule has 2 atom stereocenters. The Morgan fingerprint density at radius 1 is 1.00 bits per heavy atom. The summed E-state index contributed by atoms with van der Waals surface area (Å²) >= 11 is 0. The average molecular weight is 249 g/mol. The van der Waals surface area contributed by atoms with Gasteiger partial charge in [-0.2, -0.15) is 0 Å². The van der Waals surface area contributed by atoms with Gasteiger partial charge in [0.15, 0.2) is 0 Å². The number of aliphatic hydroxyl groups excluding tert-OH is 2. The van der Waals surface area contributed by atoms with Crippen LogP contribution in [0.2, 0.25) is 0 Å². The molecule has 1 aromatic carbocycles. The topological polar surface area (TPSA) is 43.7 Å². The second kappa shape index (κ2) is 5.00. The number of nitrogens with zero attached hydrogens (tertiary/aromatic N) is 1. The van der Waals surface area contributed by atoms with Crippen LogP contribution in [-0.2, 0) is 6.54 Å². The Hall–Kier alpha value is -0.900. The van der Waals surface area contributed by atoms with E-state index in [0.717, 1.165) is 19.6 Å². The lowest BCUT2D eigenvalue weighted by molar-refractivity contribution is 0.00976. The fourth-order valence-corrected chi connectivity index (χ4v) is 2.86. The Labute approximate surface area is 109 Å². The minimum Gasteiger partial charge on any atom is -0.396 e. The van der Waals surface area contributed by atoms with E-state index in [9.17, 15) is 10.2 Å². The van der Waals surface area contributed by atoms with Crippen molar-refractivity contribution < 1.29 is 10.2 Å². The lowest BCUT2D eigenvalue weighted by Crippen LogP contribution is -2.41. The number of hydrogen-bond donors (Lipinski definition) is 2. The van der Waals surface area contributed by atoms with Crippen LogP contribution in [0.3, 0.4) is 0 Å². The summed E-state index contributed by atoms with van der Waals surface area (Å²) in [7, 11) is 0. The van der Waals surface area contributed by atoms with Gasteiger partial charge in [0.25, 0.3) is 0 Å². The third-order valence-corrected chi connectivity index (χ3v) is 4.55. The Balaban J connectivity index is 2.10. The van der Waals surface area contributed by atoms with Crippen molar-refractivity contribution in [2.75, 3.05) is 26.3 Å². The molecule has 18 heavy (non-hydrogen) atoms. The van der Waals surface area contributed by atoms with E-state index >= 15 is 0 Å². The van der Waals surface area contributed by atoms with Crippen LogP contribution >= 0.6 is 0 Å². The van der Waals surface area contributed by atoms with E-state index in [4.69, 9.17) is 0 Å². The largest absolute Gasteiger partial charge is 0.396 e. The second-order valence-corrected chi connectivity index (χ2v) is 6.07. The summed E-state index contributed by atoms with van der Waals surface area (Å²) in [5.74, 6) is 0. The Morgan fingerprint density at radius 3 is 1.94 bits per heavy atom. The molecule has 0 bridgehead atoms. The van der Waals surface area contributed by atoms with Crippen molar-refractivity contribution in [2.24, 2.45) is 10.8 Å². The number of benzene rings is 1. The lowest BCUT2D eigenvalue weighted by atomic mass is 9.69. The van der Waals surface area contributed by atoms with Gasteiger partial charge < -0.3 is 10.2 Å². The number of hydrogen-bond acceptors (Lipinski definition) is 3. The molecule has 100 valence electrons. The first kappa shape index (κ1) is 13.5. The molecule has 1 unspecified atom stereocenters. The second-order valence-electron chi connectivity index (χ2n) is 6.07. The molecule has 1 fully saturated rings. The quantitative estimate of drug-likeness (QED) is 0.850. The van der Waals surface area contributed by atoms with Crippen molar-refractivity contribution >= 4 is 0 Å². The molecule has 0 radical (unpaired) electrons. The first-order valence-corrected chi connectivity index (χ1v) is 6.51. The lowest BCUT2D eigenvalue weighted by Gasteiger charge is -2.36. The third-order valence-electron chi connectivity index (χ3n) is 4.55. The highest BCUT2D eigenvalue weighted by Crippen LogP contribution is 2.45. The van der Waals surface area contributed by atoms with Gasteiger partial charge in [-0.25, -0.2) is 0 Å². The van der Waals surface area contributed by atoms with Crippen molar-refractivity contribution in [3.05, 3.63) is 35.9 Å². The molecular weight excluding hydrogens is 226 g/mol. The van der Waals surface area contributed by atoms with Crippen molar-refractivity contribution in [3.63, 3.8) is 0 Å². The Morgan fingerprint density at radius 2 is 1.50 bits per heavy atom. The molecule has 0 aromatic heterocycles. The summed E-state index contributed by atoms with van der Waals surface area (Å²) in [6.45, 7) is 6.91. The predicted molar refractivity (Wildman–Crippen MR) is 72.1 cm³/mol. The Kier molecular flexibility index (Phi) is 3.76. The van der Waals surface area contributed by atoms with Gasteiger partial charge in [0.2, 0.25) is 0 Å². The van der Waals surface area contributed by atoms with Crippen LogP contribution in [0.4, 0.5) is 0 Å². The van der Waals surface area contributed by atoms with E-state index in [1.165, 1.54) is 5.56 Å². The first-order chi connectivity index (χ1) is 8.53. The molecule has 1 aliphatic heterocycles. The number of likely N-dealkylation sites (tertiary alicyclic amines) is 1. The predicted octanol–water partition coefficient (Wildman–Crippen LogP) is 1.50. The summed E-state index contributed by atoms with van der Waals surface area (Å²) < 4.78 is 0. The van der Waals surface area contributed by atoms with Gasteiger partial charge in [-0.1, -0.05) is 44.2 Å². The van der Waals surface area contributed by atoms with E-state index in [0.29, 0.717) is 0 Å². The molecule has 1 saturated heterocycles. The monoisotopic (exact) mass is 249 g/mol. The highest BCUT2D eigenvalue weighted by Gasteiger charge is 2.51. The minimum absolute atomic E-state index is 0.120. The maximum atomic E-state index is 9.64. The van der Waals surface area contributed by atoms with Gasteiger partial charge >= 0.3 is 0 Å².